The van der Waals surface area contributed by atoms with E-state index in [9.17, 15) is 4.79 Å². The highest BCUT2D eigenvalue weighted by molar-refractivity contribution is 8.15. The first-order valence-corrected chi connectivity index (χ1v) is 11.0. The van der Waals surface area contributed by atoms with Crippen LogP contribution in [-0.4, -0.2) is 36.3 Å². The van der Waals surface area contributed by atoms with Crippen LogP contribution in [0, 0.1) is 0 Å². The monoisotopic (exact) mass is 445 g/mol. The highest BCUT2D eigenvalue weighted by Crippen LogP contribution is 2.28. The molecule has 1 amide bonds. The van der Waals surface area contributed by atoms with Crippen molar-refractivity contribution in [1.82, 2.24) is 5.32 Å². The first-order valence-electron chi connectivity index (χ1n) is 9.73. The van der Waals surface area contributed by atoms with Crippen molar-refractivity contribution >= 4 is 40.7 Å². The number of thioether (sulfide) groups is 1. The fourth-order valence-electron chi connectivity index (χ4n) is 2.82. The third-order valence-electron chi connectivity index (χ3n) is 4.39. The highest BCUT2D eigenvalue weighted by atomic mass is 35.5. The van der Waals surface area contributed by atoms with Crippen LogP contribution in [0.15, 0.2) is 52.7 Å². The van der Waals surface area contributed by atoms with Crippen LogP contribution in [0.5, 0.6) is 11.5 Å². The largest absolute Gasteiger partial charge is 0.493 e. The van der Waals surface area contributed by atoms with Gasteiger partial charge in [0.2, 0.25) is 5.91 Å². The van der Waals surface area contributed by atoms with Gasteiger partial charge in [0.15, 0.2) is 16.7 Å². The Bertz CT molecular complexity index is 949. The highest BCUT2D eigenvalue weighted by Gasteiger charge is 2.30. The summed E-state index contributed by atoms with van der Waals surface area (Å²) in [5, 5.41) is 11.9. The lowest BCUT2D eigenvalue weighted by Gasteiger charge is -2.10. The lowest BCUT2D eigenvalue weighted by Crippen LogP contribution is -2.25. The topological polar surface area (TPSA) is 72.3 Å². The van der Waals surface area contributed by atoms with Crippen molar-refractivity contribution in [1.29, 1.82) is 0 Å². The third kappa shape index (κ3) is 6.24. The van der Waals surface area contributed by atoms with Crippen LogP contribution < -0.4 is 14.8 Å². The molecule has 2 aromatic rings. The molecule has 30 heavy (non-hydrogen) atoms. The zero-order valence-corrected chi connectivity index (χ0v) is 18.5. The first kappa shape index (κ1) is 22.2. The Morgan fingerprint density at radius 1 is 1.23 bits per heavy atom. The molecule has 1 N–H and O–H groups in total. The summed E-state index contributed by atoms with van der Waals surface area (Å²) in [6.45, 7) is 2.77. The molecule has 6 nitrogen and oxygen atoms in total. The maximum Gasteiger partial charge on any atom is 0.239 e. The van der Waals surface area contributed by atoms with Gasteiger partial charge in [-0.2, -0.15) is 5.10 Å². The van der Waals surface area contributed by atoms with Gasteiger partial charge >= 0.3 is 0 Å². The predicted octanol–water partition coefficient (Wildman–Crippen LogP) is 4.69. The lowest BCUT2D eigenvalue weighted by atomic mass is 10.1. The zero-order chi connectivity index (χ0) is 21.3. The van der Waals surface area contributed by atoms with Crippen LogP contribution in [0.25, 0.3) is 0 Å². The molecule has 1 unspecified atom stereocenters. The molecule has 1 atom stereocenters. The summed E-state index contributed by atoms with van der Waals surface area (Å²) in [4.78, 5) is 12.2. The normalized spacial score (nSPS) is 17.5. The number of unbranched alkanes of at least 4 members (excludes halogenated alkanes) is 1. The van der Waals surface area contributed by atoms with Crippen molar-refractivity contribution in [2.24, 2.45) is 10.2 Å². The number of nitrogens with zero attached hydrogens (tertiary/aromatic N) is 2. The number of rotatable bonds is 9. The van der Waals surface area contributed by atoms with Crippen molar-refractivity contribution in [3.8, 4) is 11.5 Å². The average Bonchev–Trinajstić information content (AvgIpc) is 3.08. The quantitative estimate of drug-likeness (QED) is 0.345. The minimum Gasteiger partial charge on any atom is -0.493 e. The molecule has 0 aromatic heterocycles. The van der Waals surface area contributed by atoms with Gasteiger partial charge in [0.1, 0.15) is 0 Å². The molecule has 2 aromatic carbocycles. The van der Waals surface area contributed by atoms with Crippen LogP contribution in [0.2, 0.25) is 5.02 Å². The lowest BCUT2D eigenvalue weighted by molar-refractivity contribution is -0.118. The van der Waals surface area contributed by atoms with Crippen molar-refractivity contribution < 1.29 is 14.3 Å². The molecular formula is C22H24ClN3O3S. The van der Waals surface area contributed by atoms with Gasteiger partial charge in [0, 0.05) is 5.02 Å². The summed E-state index contributed by atoms with van der Waals surface area (Å²) in [6, 6.07) is 13.1. The standard InChI is InChI=1S/C22H24ClN3O3S/c1-3-4-10-29-18-9-8-16(12-19(18)28-2)14-24-26-22-25-21(27)20(30-22)13-15-6-5-7-17(23)11-15/h5-9,11-12,14,20H,3-4,10,13H2,1-2H3,(H,25,26,27). The number of hydrogen-bond donors (Lipinski definition) is 1. The fourth-order valence-corrected chi connectivity index (χ4v) is 4.00. The van der Waals surface area contributed by atoms with Gasteiger partial charge in [-0.3, -0.25) is 4.79 Å². The predicted molar refractivity (Wildman–Crippen MR) is 123 cm³/mol. The van der Waals surface area contributed by atoms with E-state index in [2.05, 4.69) is 22.4 Å². The number of amidine groups is 1. The van der Waals surface area contributed by atoms with Gasteiger partial charge in [0.05, 0.1) is 25.2 Å². The Morgan fingerprint density at radius 3 is 2.87 bits per heavy atom. The Kier molecular flexibility index (Phi) is 8.16. The van der Waals surface area contributed by atoms with Crippen molar-refractivity contribution in [2.75, 3.05) is 13.7 Å². The van der Waals surface area contributed by atoms with Crippen molar-refractivity contribution in [2.45, 2.75) is 31.4 Å². The maximum atomic E-state index is 12.2. The molecule has 1 aliphatic heterocycles. The number of nitrogens with one attached hydrogen (secondary N) is 1. The molecule has 0 saturated carbocycles. The van der Waals surface area contributed by atoms with Gasteiger partial charge in [-0.15, -0.1) is 5.10 Å². The van der Waals surface area contributed by atoms with E-state index in [-0.39, 0.29) is 11.2 Å². The number of methoxy groups -OCH3 is 1. The second-order valence-electron chi connectivity index (χ2n) is 6.69. The number of hydrogen-bond acceptors (Lipinski definition) is 6. The van der Waals surface area contributed by atoms with E-state index >= 15 is 0 Å². The Balaban J connectivity index is 1.60. The minimum absolute atomic E-state index is 0.0795. The van der Waals surface area contributed by atoms with Gasteiger partial charge < -0.3 is 14.8 Å². The fraction of sp³-hybridized carbons (Fsp3) is 0.318. The van der Waals surface area contributed by atoms with Gasteiger partial charge in [-0.1, -0.05) is 48.8 Å². The van der Waals surface area contributed by atoms with E-state index in [0.717, 1.165) is 24.0 Å². The summed E-state index contributed by atoms with van der Waals surface area (Å²) in [5.74, 6) is 1.27. The molecule has 158 valence electrons. The zero-order valence-electron chi connectivity index (χ0n) is 16.9. The Hall–Kier alpha value is -2.51. The molecule has 3 rings (SSSR count). The molecule has 0 radical (unpaired) electrons. The molecule has 1 aliphatic rings. The first-order chi connectivity index (χ1) is 14.6. The van der Waals surface area contributed by atoms with Crippen molar-refractivity contribution in [3.05, 3.63) is 58.6 Å². The minimum atomic E-state index is -0.253. The summed E-state index contributed by atoms with van der Waals surface area (Å²) in [5.41, 5.74) is 1.83. The van der Waals surface area contributed by atoms with E-state index < -0.39 is 0 Å². The molecular weight excluding hydrogens is 422 g/mol. The summed E-state index contributed by atoms with van der Waals surface area (Å²) >= 11 is 7.38. The molecule has 0 aliphatic carbocycles. The average molecular weight is 446 g/mol. The van der Waals surface area contributed by atoms with Crippen molar-refractivity contribution in [3.63, 3.8) is 0 Å². The van der Waals surface area contributed by atoms with E-state index in [1.54, 1.807) is 13.3 Å². The Morgan fingerprint density at radius 2 is 2.10 bits per heavy atom. The van der Waals surface area contributed by atoms with Crippen LogP contribution in [0.1, 0.15) is 30.9 Å². The SMILES string of the molecule is CCCCOc1ccc(C=N/N=C2\NC(=O)C(Cc3cccc(Cl)c3)S2)cc1OC. The molecule has 1 heterocycles. The maximum absolute atomic E-state index is 12.2. The number of benzene rings is 2. The number of carbonyl (C=O) groups excluding carboxylic acids is 1. The Labute approximate surface area is 185 Å². The molecule has 1 saturated heterocycles. The van der Waals surface area contributed by atoms with E-state index in [1.807, 2.05) is 42.5 Å². The smallest absolute Gasteiger partial charge is 0.239 e. The molecule has 8 heteroatoms. The van der Waals surface area contributed by atoms with Crippen LogP contribution in [0.4, 0.5) is 0 Å². The van der Waals surface area contributed by atoms with Crippen LogP contribution >= 0.6 is 23.4 Å². The van der Waals surface area contributed by atoms with E-state index in [4.69, 9.17) is 21.1 Å². The van der Waals surface area contributed by atoms with Crippen LogP contribution in [-0.2, 0) is 11.2 Å². The number of ether oxygens (including phenoxy) is 2. The number of amides is 1. The van der Waals surface area contributed by atoms with Gasteiger partial charge in [-0.05, 0) is 54.3 Å². The second-order valence-corrected chi connectivity index (χ2v) is 8.32. The third-order valence-corrected chi connectivity index (χ3v) is 5.69. The molecule has 0 spiro atoms. The van der Waals surface area contributed by atoms with E-state index in [1.165, 1.54) is 11.8 Å². The summed E-state index contributed by atoms with van der Waals surface area (Å²) in [6.07, 6.45) is 4.26. The number of halogens is 1. The summed E-state index contributed by atoms with van der Waals surface area (Å²) < 4.78 is 11.1. The van der Waals surface area contributed by atoms with Gasteiger partial charge in [0.25, 0.3) is 0 Å². The summed E-state index contributed by atoms with van der Waals surface area (Å²) in [7, 11) is 1.61. The van der Waals surface area contributed by atoms with E-state index in [0.29, 0.717) is 34.7 Å². The molecule has 1 fully saturated rings. The second kappa shape index (κ2) is 11.0. The van der Waals surface area contributed by atoms with Crippen LogP contribution in [0.3, 0.4) is 0 Å². The number of carbonyl (C=O) groups is 1. The molecule has 0 bridgehead atoms. The van der Waals surface area contributed by atoms with Gasteiger partial charge in [-0.25, -0.2) is 0 Å².